The van der Waals surface area contributed by atoms with E-state index in [0.29, 0.717) is 22.6 Å². The van der Waals surface area contributed by atoms with Crippen molar-refractivity contribution in [2.45, 2.75) is 18.6 Å². The highest BCUT2D eigenvalue weighted by atomic mass is 19.1. The Hall–Kier alpha value is -2.27. The quantitative estimate of drug-likeness (QED) is 0.892. The molecule has 0 saturated heterocycles. The zero-order valence-electron chi connectivity index (χ0n) is 11.4. The molecule has 1 aliphatic heterocycles. The Labute approximate surface area is 121 Å². The van der Waals surface area contributed by atoms with E-state index in [1.165, 1.54) is 12.1 Å². The number of rotatable bonds is 2. The van der Waals surface area contributed by atoms with Gasteiger partial charge in [-0.1, -0.05) is 0 Å². The normalized spacial score (nSPS) is 20.5. The summed E-state index contributed by atoms with van der Waals surface area (Å²) in [4.78, 5) is 0. The molecule has 2 aromatic rings. The lowest BCUT2D eigenvalue weighted by atomic mass is 9.94. The molecule has 2 N–H and O–H groups in total. The van der Waals surface area contributed by atoms with E-state index in [1.807, 2.05) is 0 Å². The van der Waals surface area contributed by atoms with Crippen LogP contribution in [0, 0.1) is 5.82 Å². The first-order chi connectivity index (χ1) is 10.1. The number of phenolic OH excluding ortho intramolecular Hbond substituents is 1. The van der Waals surface area contributed by atoms with Crippen LogP contribution in [0.3, 0.4) is 0 Å². The van der Waals surface area contributed by atoms with Crippen molar-refractivity contribution >= 4 is 0 Å². The standard InChI is InChI=1S/C16H15FO4/c1-20-12-2-3-15-13(7-12)14(19)8-16(21-15)9-4-10(17)6-11(18)5-9/h2-7,14,16,18-19H,8H2,1H3/t14-,16?/m0/s1. The molecule has 110 valence electrons. The minimum absolute atomic E-state index is 0.163. The van der Waals surface area contributed by atoms with Crippen LogP contribution in [0.4, 0.5) is 4.39 Å². The van der Waals surface area contributed by atoms with Gasteiger partial charge in [0.15, 0.2) is 0 Å². The Kier molecular flexibility index (Phi) is 3.43. The van der Waals surface area contributed by atoms with Gasteiger partial charge in [-0.25, -0.2) is 4.39 Å². The van der Waals surface area contributed by atoms with E-state index in [9.17, 15) is 14.6 Å². The predicted molar refractivity (Wildman–Crippen MR) is 74.0 cm³/mol. The lowest BCUT2D eigenvalue weighted by Gasteiger charge is -2.30. The van der Waals surface area contributed by atoms with Gasteiger partial charge in [-0.3, -0.25) is 0 Å². The first-order valence-electron chi connectivity index (χ1n) is 6.59. The first kappa shape index (κ1) is 13.7. The predicted octanol–water partition coefficient (Wildman–Crippen LogP) is 3.10. The van der Waals surface area contributed by atoms with Crippen molar-refractivity contribution in [3.05, 3.63) is 53.3 Å². The van der Waals surface area contributed by atoms with Gasteiger partial charge in [0, 0.05) is 18.1 Å². The minimum atomic E-state index is -0.737. The van der Waals surface area contributed by atoms with Gasteiger partial charge < -0.3 is 19.7 Å². The molecule has 0 fully saturated rings. The third kappa shape index (κ3) is 2.64. The summed E-state index contributed by atoms with van der Waals surface area (Å²) in [5, 5.41) is 19.7. The summed E-state index contributed by atoms with van der Waals surface area (Å²) >= 11 is 0. The average Bonchev–Trinajstić information content (AvgIpc) is 2.46. The van der Waals surface area contributed by atoms with Crippen molar-refractivity contribution in [3.8, 4) is 17.2 Å². The summed E-state index contributed by atoms with van der Waals surface area (Å²) in [6.07, 6.45) is -0.968. The fourth-order valence-electron chi connectivity index (χ4n) is 2.54. The lowest BCUT2D eigenvalue weighted by molar-refractivity contribution is 0.0652. The first-order valence-corrected chi connectivity index (χ1v) is 6.59. The fraction of sp³-hybridized carbons (Fsp3) is 0.250. The second-order valence-electron chi connectivity index (χ2n) is 5.00. The number of halogens is 1. The van der Waals surface area contributed by atoms with E-state index in [4.69, 9.17) is 9.47 Å². The molecular weight excluding hydrogens is 275 g/mol. The third-order valence-corrected chi connectivity index (χ3v) is 3.56. The second-order valence-corrected chi connectivity index (χ2v) is 5.00. The molecule has 1 unspecified atom stereocenters. The summed E-state index contributed by atoms with van der Waals surface area (Å²) in [7, 11) is 1.55. The summed E-state index contributed by atoms with van der Waals surface area (Å²) in [6, 6.07) is 8.93. The van der Waals surface area contributed by atoms with Crippen molar-refractivity contribution in [1.29, 1.82) is 0 Å². The molecule has 0 aromatic heterocycles. The number of benzene rings is 2. The Morgan fingerprint density at radius 1 is 1.24 bits per heavy atom. The molecule has 21 heavy (non-hydrogen) atoms. The van der Waals surface area contributed by atoms with Crippen LogP contribution >= 0.6 is 0 Å². The second kappa shape index (κ2) is 5.26. The summed E-state index contributed by atoms with van der Waals surface area (Å²) < 4.78 is 24.3. The number of aliphatic hydroxyl groups is 1. The average molecular weight is 290 g/mol. The molecule has 0 bridgehead atoms. The summed E-state index contributed by atoms with van der Waals surface area (Å²) in [5.41, 5.74) is 1.14. The van der Waals surface area contributed by atoms with Crippen molar-refractivity contribution in [3.63, 3.8) is 0 Å². The van der Waals surface area contributed by atoms with Crippen molar-refractivity contribution in [2.24, 2.45) is 0 Å². The van der Waals surface area contributed by atoms with E-state index >= 15 is 0 Å². The highest BCUT2D eigenvalue weighted by Gasteiger charge is 2.29. The Morgan fingerprint density at radius 3 is 2.76 bits per heavy atom. The number of ether oxygens (including phenoxy) is 2. The van der Waals surface area contributed by atoms with Gasteiger partial charge in [0.2, 0.25) is 0 Å². The summed E-state index contributed by atoms with van der Waals surface area (Å²) in [5.74, 6) is 0.466. The van der Waals surface area contributed by atoms with E-state index < -0.39 is 18.0 Å². The van der Waals surface area contributed by atoms with Crippen LogP contribution in [0.25, 0.3) is 0 Å². The minimum Gasteiger partial charge on any atom is -0.508 e. The van der Waals surface area contributed by atoms with Crippen LogP contribution in [0.2, 0.25) is 0 Å². The van der Waals surface area contributed by atoms with Gasteiger partial charge >= 0.3 is 0 Å². The Morgan fingerprint density at radius 2 is 2.05 bits per heavy atom. The van der Waals surface area contributed by atoms with Gasteiger partial charge in [0.1, 0.15) is 29.2 Å². The zero-order valence-corrected chi connectivity index (χ0v) is 11.4. The lowest BCUT2D eigenvalue weighted by Crippen LogP contribution is -2.19. The fourth-order valence-corrected chi connectivity index (χ4v) is 2.54. The Bertz CT molecular complexity index is 651. The molecular formula is C16H15FO4. The number of hydrogen-bond acceptors (Lipinski definition) is 4. The smallest absolute Gasteiger partial charge is 0.127 e. The van der Waals surface area contributed by atoms with Gasteiger partial charge in [0.05, 0.1) is 13.2 Å². The molecule has 0 amide bonds. The molecule has 4 nitrogen and oxygen atoms in total. The SMILES string of the molecule is COc1ccc2c(c1)[C@@H](O)CC(c1cc(O)cc(F)c1)O2. The van der Waals surface area contributed by atoms with E-state index in [0.717, 1.165) is 6.07 Å². The van der Waals surface area contributed by atoms with Crippen LogP contribution < -0.4 is 9.47 Å². The van der Waals surface area contributed by atoms with Crippen LogP contribution in [0.1, 0.15) is 29.8 Å². The van der Waals surface area contributed by atoms with Gasteiger partial charge in [0.25, 0.3) is 0 Å². The zero-order chi connectivity index (χ0) is 15.0. The number of phenols is 1. The van der Waals surface area contributed by atoms with Gasteiger partial charge in [-0.2, -0.15) is 0 Å². The molecule has 0 aliphatic carbocycles. The molecule has 0 spiro atoms. The topological polar surface area (TPSA) is 58.9 Å². The van der Waals surface area contributed by atoms with Crippen molar-refractivity contribution in [2.75, 3.05) is 7.11 Å². The van der Waals surface area contributed by atoms with Crippen LogP contribution in [-0.4, -0.2) is 17.3 Å². The maximum absolute atomic E-state index is 13.4. The van der Waals surface area contributed by atoms with Crippen molar-refractivity contribution < 1.29 is 24.1 Å². The summed E-state index contributed by atoms with van der Waals surface area (Å²) in [6.45, 7) is 0. The van der Waals surface area contributed by atoms with Crippen LogP contribution in [0.5, 0.6) is 17.2 Å². The van der Waals surface area contributed by atoms with Crippen LogP contribution in [0.15, 0.2) is 36.4 Å². The molecule has 5 heteroatoms. The van der Waals surface area contributed by atoms with Crippen LogP contribution in [-0.2, 0) is 0 Å². The van der Waals surface area contributed by atoms with E-state index in [2.05, 4.69) is 0 Å². The Balaban J connectivity index is 1.94. The molecule has 0 radical (unpaired) electrons. The highest BCUT2D eigenvalue weighted by Crippen LogP contribution is 2.42. The molecule has 2 atom stereocenters. The molecule has 0 saturated carbocycles. The molecule has 3 rings (SSSR count). The third-order valence-electron chi connectivity index (χ3n) is 3.56. The molecule has 1 heterocycles. The number of aromatic hydroxyl groups is 1. The monoisotopic (exact) mass is 290 g/mol. The van der Waals surface area contributed by atoms with Gasteiger partial charge in [-0.15, -0.1) is 0 Å². The van der Waals surface area contributed by atoms with E-state index in [-0.39, 0.29) is 12.2 Å². The highest BCUT2D eigenvalue weighted by molar-refractivity contribution is 5.44. The number of hydrogen-bond donors (Lipinski definition) is 2. The maximum atomic E-state index is 13.4. The maximum Gasteiger partial charge on any atom is 0.127 e. The number of fused-ring (bicyclic) bond motifs is 1. The van der Waals surface area contributed by atoms with Crippen molar-refractivity contribution in [1.82, 2.24) is 0 Å². The largest absolute Gasteiger partial charge is 0.508 e. The van der Waals surface area contributed by atoms with Gasteiger partial charge in [-0.05, 0) is 35.9 Å². The number of aliphatic hydroxyl groups excluding tert-OH is 1. The van der Waals surface area contributed by atoms with E-state index in [1.54, 1.807) is 25.3 Å². The molecule has 1 aliphatic rings. The number of methoxy groups -OCH3 is 1. The molecule has 2 aromatic carbocycles.